The van der Waals surface area contributed by atoms with Gasteiger partial charge in [0.2, 0.25) is 0 Å². The summed E-state index contributed by atoms with van der Waals surface area (Å²) in [6.45, 7) is 3.35. The number of benzene rings is 1. The van der Waals surface area contributed by atoms with Crippen LogP contribution in [0.2, 0.25) is 0 Å². The highest BCUT2D eigenvalue weighted by Gasteiger charge is 2.20. The Kier molecular flexibility index (Phi) is 4.24. The van der Waals surface area contributed by atoms with Gasteiger partial charge < -0.3 is 15.0 Å². The average molecular weight is 324 g/mol. The summed E-state index contributed by atoms with van der Waals surface area (Å²) in [7, 11) is 0. The molecule has 1 aromatic carbocycles. The van der Waals surface area contributed by atoms with Crippen molar-refractivity contribution in [3.8, 4) is 0 Å². The minimum atomic E-state index is -0.948. The van der Waals surface area contributed by atoms with Crippen molar-refractivity contribution in [2.45, 2.75) is 20.0 Å². The lowest BCUT2D eigenvalue weighted by molar-refractivity contribution is -0.123. The number of H-pyrrole nitrogens is 1. The fourth-order valence-electron chi connectivity index (χ4n) is 2.18. The Bertz CT molecular complexity index is 903. The zero-order valence-corrected chi connectivity index (χ0v) is 13.2. The van der Waals surface area contributed by atoms with Crippen LogP contribution in [0.4, 0.5) is 5.82 Å². The monoisotopic (exact) mass is 324 g/mol. The van der Waals surface area contributed by atoms with E-state index in [-0.39, 0.29) is 0 Å². The maximum atomic E-state index is 12.2. The highest BCUT2D eigenvalue weighted by molar-refractivity contribution is 5.98. The number of carbonyl (C=O) groups excluding carboxylic acids is 2. The van der Waals surface area contributed by atoms with Crippen molar-refractivity contribution in [3.05, 3.63) is 54.0 Å². The first-order valence-corrected chi connectivity index (χ1v) is 7.41. The molecule has 0 fully saturated rings. The minimum Gasteiger partial charge on any atom is -0.449 e. The Morgan fingerprint density at radius 2 is 2.08 bits per heavy atom. The van der Waals surface area contributed by atoms with Crippen LogP contribution < -0.4 is 5.32 Å². The van der Waals surface area contributed by atoms with E-state index in [0.717, 1.165) is 16.6 Å². The molecule has 24 heavy (non-hydrogen) atoms. The van der Waals surface area contributed by atoms with Gasteiger partial charge in [0.15, 0.2) is 6.10 Å². The molecule has 1 atom stereocenters. The van der Waals surface area contributed by atoms with E-state index in [1.54, 1.807) is 36.8 Å². The van der Waals surface area contributed by atoms with Gasteiger partial charge in [-0.25, -0.2) is 14.8 Å². The Morgan fingerprint density at radius 3 is 2.88 bits per heavy atom. The van der Waals surface area contributed by atoms with Gasteiger partial charge in [-0.3, -0.25) is 4.79 Å². The van der Waals surface area contributed by atoms with E-state index < -0.39 is 18.0 Å². The molecule has 0 bridgehead atoms. The Labute approximate surface area is 138 Å². The lowest BCUT2D eigenvalue weighted by atomic mass is 10.2. The summed E-state index contributed by atoms with van der Waals surface area (Å²) < 4.78 is 5.22. The number of rotatable bonds is 4. The van der Waals surface area contributed by atoms with Gasteiger partial charge in [-0.1, -0.05) is 6.07 Å². The normalized spacial score (nSPS) is 11.9. The summed E-state index contributed by atoms with van der Waals surface area (Å²) in [5.74, 6) is -0.566. The molecule has 7 heteroatoms. The van der Waals surface area contributed by atoms with E-state index in [1.165, 1.54) is 6.92 Å². The number of imidazole rings is 1. The highest BCUT2D eigenvalue weighted by atomic mass is 16.5. The number of carbonyl (C=O) groups is 2. The van der Waals surface area contributed by atoms with Crippen LogP contribution in [-0.2, 0) is 9.53 Å². The fraction of sp³-hybridized carbons (Fsp3) is 0.176. The molecule has 1 unspecified atom stereocenters. The number of hydrogen-bond acceptors (Lipinski definition) is 5. The van der Waals surface area contributed by atoms with Crippen LogP contribution >= 0.6 is 0 Å². The van der Waals surface area contributed by atoms with Crippen LogP contribution in [0.1, 0.15) is 22.8 Å². The molecular formula is C17H16N4O3. The van der Waals surface area contributed by atoms with Gasteiger partial charge in [0.05, 0.1) is 22.9 Å². The van der Waals surface area contributed by atoms with E-state index in [0.29, 0.717) is 11.4 Å². The summed E-state index contributed by atoms with van der Waals surface area (Å²) in [4.78, 5) is 35.4. The number of nitrogens with one attached hydrogen (secondary N) is 2. The predicted octanol–water partition coefficient (Wildman–Crippen LogP) is 2.45. The topological polar surface area (TPSA) is 97.0 Å². The SMILES string of the molecule is Cc1cccnc1NC(=O)C(C)OC(=O)c1ccc2nc[nH]c2c1. The zero-order chi connectivity index (χ0) is 17.1. The molecule has 2 N–H and O–H groups in total. The van der Waals surface area contributed by atoms with Crippen molar-refractivity contribution in [3.63, 3.8) is 0 Å². The number of nitrogens with zero attached hydrogens (tertiary/aromatic N) is 2. The van der Waals surface area contributed by atoms with Crippen LogP contribution in [0.5, 0.6) is 0 Å². The van der Waals surface area contributed by atoms with Crippen LogP contribution in [0, 0.1) is 6.92 Å². The quantitative estimate of drug-likeness (QED) is 0.719. The van der Waals surface area contributed by atoms with E-state index >= 15 is 0 Å². The second-order valence-electron chi connectivity index (χ2n) is 5.34. The molecule has 0 saturated heterocycles. The average Bonchev–Trinajstić information content (AvgIpc) is 3.04. The summed E-state index contributed by atoms with van der Waals surface area (Å²) in [5.41, 5.74) is 2.66. The van der Waals surface area contributed by atoms with E-state index in [1.807, 2.05) is 13.0 Å². The number of fused-ring (bicyclic) bond motifs is 1. The number of ether oxygens (including phenoxy) is 1. The standard InChI is InChI=1S/C17H16N4O3/c1-10-4-3-7-18-15(10)21-16(22)11(2)24-17(23)12-5-6-13-14(8-12)20-9-19-13/h3-9,11H,1-2H3,(H,19,20)(H,18,21,22). The molecule has 1 amide bonds. The number of hydrogen-bond donors (Lipinski definition) is 2. The van der Waals surface area contributed by atoms with Crippen molar-refractivity contribution in [1.82, 2.24) is 15.0 Å². The second-order valence-corrected chi connectivity index (χ2v) is 5.34. The summed E-state index contributed by atoms with van der Waals surface area (Å²) in [6.07, 6.45) is 2.18. The molecule has 0 aliphatic rings. The molecular weight excluding hydrogens is 308 g/mol. The second kappa shape index (κ2) is 6.49. The first-order valence-electron chi connectivity index (χ1n) is 7.41. The summed E-state index contributed by atoms with van der Waals surface area (Å²) in [5, 5.41) is 2.65. The Morgan fingerprint density at radius 1 is 1.25 bits per heavy atom. The van der Waals surface area contributed by atoms with Crippen molar-refractivity contribution < 1.29 is 14.3 Å². The molecule has 0 aliphatic carbocycles. The molecule has 3 rings (SSSR count). The number of amides is 1. The molecule has 0 spiro atoms. The number of aromatic nitrogens is 3. The van der Waals surface area contributed by atoms with Gasteiger partial charge in [-0.05, 0) is 43.7 Å². The molecule has 0 saturated carbocycles. The van der Waals surface area contributed by atoms with Gasteiger partial charge in [-0.2, -0.15) is 0 Å². The third-order valence-electron chi connectivity index (χ3n) is 3.56. The van der Waals surface area contributed by atoms with Crippen molar-refractivity contribution in [2.75, 3.05) is 5.32 Å². The van der Waals surface area contributed by atoms with Gasteiger partial charge in [0, 0.05) is 6.20 Å². The largest absolute Gasteiger partial charge is 0.449 e. The molecule has 0 radical (unpaired) electrons. The Balaban J connectivity index is 1.67. The number of pyridine rings is 1. The van der Waals surface area contributed by atoms with Gasteiger partial charge in [-0.15, -0.1) is 0 Å². The summed E-state index contributed by atoms with van der Waals surface area (Å²) in [6, 6.07) is 8.57. The van der Waals surface area contributed by atoms with Crippen LogP contribution in [0.25, 0.3) is 11.0 Å². The maximum Gasteiger partial charge on any atom is 0.338 e. The van der Waals surface area contributed by atoms with Crippen molar-refractivity contribution in [1.29, 1.82) is 0 Å². The first kappa shape index (κ1) is 15.7. The highest BCUT2D eigenvalue weighted by Crippen LogP contribution is 2.14. The van der Waals surface area contributed by atoms with Crippen LogP contribution in [-0.4, -0.2) is 32.9 Å². The van der Waals surface area contributed by atoms with Crippen LogP contribution in [0.3, 0.4) is 0 Å². The Hall–Kier alpha value is -3.22. The zero-order valence-electron chi connectivity index (χ0n) is 13.2. The lowest BCUT2D eigenvalue weighted by Gasteiger charge is -2.14. The molecule has 2 aromatic heterocycles. The van der Waals surface area contributed by atoms with Crippen LogP contribution in [0.15, 0.2) is 42.9 Å². The summed E-state index contributed by atoms with van der Waals surface area (Å²) >= 11 is 0. The van der Waals surface area contributed by atoms with Gasteiger partial charge in [0.25, 0.3) is 5.91 Å². The molecule has 3 aromatic rings. The fourth-order valence-corrected chi connectivity index (χ4v) is 2.18. The minimum absolute atomic E-state index is 0.348. The van der Waals surface area contributed by atoms with E-state index in [2.05, 4.69) is 20.3 Å². The number of anilines is 1. The third kappa shape index (κ3) is 3.24. The first-order chi connectivity index (χ1) is 11.5. The van der Waals surface area contributed by atoms with Gasteiger partial charge >= 0.3 is 5.97 Å². The van der Waals surface area contributed by atoms with E-state index in [4.69, 9.17) is 4.74 Å². The number of aryl methyl sites for hydroxylation is 1. The molecule has 0 aliphatic heterocycles. The molecule has 122 valence electrons. The van der Waals surface area contributed by atoms with Crippen molar-refractivity contribution >= 4 is 28.7 Å². The number of aromatic amines is 1. The van der Waals surface area contributed by atoms with E-state index in [9.17, 15) is 9.59 Å². The van der Waals surface area contributed by atoms with Crippen molar-refractivity contribution in [2.24, 2.45) is 0 Å². The smallest absolute Gasteiger partial charge is 0.338 e. The number of esters is 1. The molecule has 7 nitrogen and oxygen atoms in total. The maximum absolute atomic E-state index is 12.2. The lowest BCUT2D eigenvalue weighted by Crippen LogP contribution is -2.30. The predicted molar refractivity (Wildman–Crippen MR) is 88.6 cm³/mol. The van der Waals surface area contributed by atoms with Gasteiger partial charge in [0.1, 0.15) is 5.82 Å². The third-order valence-corrected chi connectivity index (χ3v) is 3.56. The molecule has 2 heterocycles.